The number of benzene rings is 2. The van der Waals surface area contributed by atoms with Crippen molar-refractivity contribution in [2.75, 3.05) is 0 Å². The van der Waals surface area contributed by atoms with Crippen LogP contribution in [0.25, 0.3) is 0 Å². The summed E-state index contributed by atoms with van der Waals surface area (Å²) in [6.45, 7) is 7.63. The van der Waals surface area contributed by atoms with Crippen LogP contribution >= 0.6 is 0 Å². The van der Waals surface area contributed by atoms with Crippen molar-refractivity contribution >= 4 is 11.8 Å². The number of carbonyl (C=O) groups excluding carboxylic acids is 2. The molecule has 0 unspecified atom stereocenters. The summed E-state index contributed by atoms with van der Waals surface area (Å²) in [5.74, 6) is -1.03. The van der Waals surface area contributed by atoms with E-state index in [1.807, 2.05) is 88.4 Å². The molecule has 2 atom stereocenters. The summed E-state index contributed by atoms with van der Waals surface area (Å²) in [5.41, 5.74) is 3.53. The van der Waals surface area contributed by atoms with E-state index in [2.05, 4.69) is 0 Å². The number of carbonyl (C=O) groups is 2. The summed E-state index contributed by atoms with van der Waals surface area (Å²) in [5, 5.41) is 24.3. The minimum absolute atomic E-state index is 0.369. The van der Waals surface area contributed by atoms with Gasteiger partial charge in [0.1, 0.15) is 5.41 Å². The zero-order valence-corrected chi connectivity index (χ0v) is 22.8. The van der Waals surface area contributed by atoms with Gasteiger partial charge in [-0.15, -0.1) is 0 Å². The predicted octanol–water partition coefficient (Wildman–Crippen LogP) is 5.45. The Balaban J connectivity index is 2.42. The van der Waals surface area contributed by atoms with Crippen LogP contribution in [0, 0.1) is 5.41 Å². The third-order valence-corrected chi connectivity index (χ3v) is 8.83. The van der Waals surface area contributed by atoms with Gasteiger partial charge in [0.2, 0.25) is 11.8 Å². The maximum Gasteiger partial charge on any atom is 0.239 e. The molecule has 4 N–H and O–H groups in total. The van der Waals surface area contributed by atoms with E-state index in [4.69, 9.17) is 5.73 Å². The lowest BCUT2D eigenvalue weighted by Crippen LogP contribution is -2.60. The number of primary amides is 1. The van der Waals surface area contributed by atoms with Gasteiger partial charge in [0.15, 0.2) is 0 Å². The van der Waals surface area contributed by atoms with E-state index in [1.165, 1.54) is 0 Å². The summed E-state index contributed by atoms with van der Waals surface area (Å²) < 4.78 is 0. The first-order valence-electron chi connectivity index (χ1n) is 13.8. The monoisotopic (exact) mass is 508 g/mol. The largest absolute Gasteiger partial charge is 0.387 e. The second-order valence-electron chi connectivity index (χ2n) is 10.6. The molecule has 2 aromatic carbocycles. The van der Waals surface area contributed by atoms with E-state index in [9.17, 15) is 19.8 Å². The molecular formula is C31H44N2O4. The van der Waals surface area contributed by atoms with Gasteiger partial charge in [0, 0.05) is 0 Å². The van der Waals surface area contributed by atoms with Gasteiger partial charge in [-0.05, 0) is 49.7 Å². The van der Waals surface area contributed by atoms with E-state index in [0.29, 0.717) is 38.5 Å². The molecule has 0 aliphatic heterocycles. The van der Waals surface area contributed by atoms with E-state index >= 15 is 0 Å². The van der Waals surface area contributed by atoms with Crippen molar-refractivity contribution in [3.63, 3.8) is 0 Å². The zero-order valence-electron chi connectivity index (χ0n) is 22.8. The van der Waals surface area contributed by atoms with Crippen LogP contribution in [0.15, 0.2) is 60.7 Å². The van der Waals surface area contributed by atoms with Crippen molar-refractivity contribution in [2.45, 2.75) is 102 Å². The van der Waals surface area contributed by atoms with Gasteiger partial charge in [-0.25, -0.2) is 0 Å². The molecule has 6 heteroatoms. The molecule has 1 aliphatic rings. The van der Waals surface area contributed by atoms with Crippen molar-refractivity contribution in [2.24, 2.45) is 11.1 Å². The van der Waals surface area contributed by atoms with Crippen LogP contribution in [0.2, 0.25) is 0 Å². The first-order chi connectivity index (χ1) is 17.6. The molecule has 1 aliphatic carbocycles. The van der Waals surface area contributed by atoms with Crippen molar-refractivity contribution in [1.82, 2.24) is 4.90 Å². The molecule has 37 heavy (non-hydrogen) atoms. The summed E-state index contributed by atoms with van der Waals surface area (Å²) in [6, 6.07) is 17.4. The Labute approximate surface area is 221 Å². The topological polar surface area (TPSA) is 104 Å². The van der Waals surface area contributed by atoms with Crippen molar-refractivity contribution in [3.8, 4) is 0 Å². The van der Waals surface area contributed by atoms with Crippen molar-refractivity contribution < 1.29 is 19.8 Å². The molecule has 0 aromatic heterocycles. The first kappa shape index (κ1) is 28.9. The van der Waals surface area contributed by atoms with Gasteiger partial charge in [-0.1, -0.05) is 101 Å². The molecular weight excluding hydrogens is 464 g/mol. The third kappa shape index (κ3) is 5.32. The van der Waals surface area contributed by atoms with Gasteiger partial charge in [0.25, 0.3) is 0 Å². The van der Waals surface area contributed by atoms with Crippen LogP contribution in [0.5, 0.6) is 0 Å². The Morgan fingerprint density at radius 1 is 0.784 bits per heavy atom. The van der Waals surface area contributed by atoms with E-state index in [0.717, 1.165) is 24.0 Å². The number of hydrogen-bond acceptors (Lipinski definition) is 4. The minimum Gasteiger partial charge on any atom is -0.387 e. The number of nitrogens with two attached hydrogens (primary N) is 1. The second kappa shape index (κ2) is 11.8. The Hall–Kier alpha value is -2.70. The fraction of sp³-hybridized carbons (Fsp3) is 0.548. The molecule has 202 valence electrons. The zero-order chi connectivity index (χ0) is 27.3. The first-order valence-corrected chi connectivity index (χ1v) is 13.8. The molecule has 0 bridgehead atoms. The SMILES string of the molecule is CCC(O)(CC)[C@@H](c1ccccc1)N(C(=O)C1(C(N)=O)CCCC1)[C@H](c1ccccc1)C(O)(CC)CC. The quantitative estimate of drug-likeness (QED) is 0.332. The normalized spacial score (nSPS) is 17.2. The number of aliphatic hydroxyl groups is 2. The molecule has 3 rings (SSSR count). The van der Waals surface area contributed by atoms with Crippen LogP contribution in [0.4, 0.5) is 0 Å². The summed E-state index contributed by atoms with van der Waals surface area (Å²) >= 11 is 0. The van der Waals surface area contributed by atoms with Crippen LogP contribution in [-0.4, -0.2) is 38.1 Å². The highest BCUT2D eigenvalue weighted by Crippen LogP contribution is 2.50. The number of nitrogens with zero attached hydrogens (tertiary/aromatic N) is 1. The Morgan fingerprint density at radius 2 is 1.14 bits per heavy atom. The van der Waals surface area contributed by atoms with E-state index in [-0.39, 0.29) is 0 Å². The molecule has 1 saturated carbocycles. The molecule has 0 saturated heterocycles. The third-order valence-electron chi connectivity index (χ3n) is 8.83. The highest BCUT2D eigenvalue weighted by molar-refractivity contribution is 6.05. The predicted molar refractivity (Wildman–Crippen MR) is 146 cm³/mol. The van der Waals surface area contributed by atoms with Crippen LogP contribution < -0.4 is 5.73 Å². The molecule has 2 amide bonds. The molecule has 6 nitrogen and oxygen atoms in total. The van der Waals surface area contributed by atoms with Gasteiger partial charge >= 0.3 is 0 Å². The maximum atomic E-state index is 14.9. The fourth-order valence-electron chi connectivity index (χ4n) is 6.18. The maximum absolute atomic E-state index is 14.9. The number of hydrogen-bond donors (Lipinski definition) is 3. The van der Waals surface area contributed by atoms with Crippen LogP contribution in [0.1, 0.15) is 102 Å². The van der Waals surface area contributed by atoms with Gasteiger partial charge in [-0.3, -0.25) is 9.59 Å². The van der Waals surface area contributed by atoms with Gasteiger partial charge in [0.05, 0.1) is 23.3 Å². The van der Waals surface area contributed by atoms with Crippen molar-refractivity contribution in [1.29, 1.82) is 0 Å². The molecule has 1 fully saturated rings. The molecule has 0 spiro atoms. The Morgan fingerprint density at radius 3 is 1.43 bits per heavy atom. The standard InChI is InChI=1S/C31H44N2O4/c1-5-30(36,6-2)25(23-17-11-9-12-18-23)33(28(35)29(27(32)34)21-15-16-22-29)26(31(37,7-3)8-4)24-19-13-10-14-20-24/h9-14,17-20,25-26,36-37H,5-8,15-16,21-22H2,1-4H3,(H2,32,34)/t25-,26-/m1/s1. The highest BCUT2D eigenvalue weighted by atomic mass is 16.3. The number of amides is 2. The van der Waals surface area contributed by atoms with Gasteiger partial charge < -0.3 is 20.8 Å². The van der Waals surface area contributed by atoms with Crippen LogP contribution in [0.3, 0.4) is 0 Å². The smallest absolute Gasteiger partial charge is 0.239 e. The lowest BCUT2D eigenvalue weighted by molar-refractivity contribution is -0.173. The van der Waals surface area contributed by atoms with E-state index < -0.39 is 40.5 Å². The summed E-state index contributed by atoms with van der Waals surface area (Å²) in [4.78, 5) is 29.6. The lowest BCUT2D eigenvalue weighted by Gasteiger charge is -2.52. The second-order valence-corrected chi connectivity index (χ2v) is 10.6. The number of rotatable bonds is 12. The lowest BCUT2D eigenvalue weighted by atomic mass is 9.74. The average molecular weight is 509 g/mol. The average Bonchev–Trinajstić information content (AvgIpc) is 3.44. The molecule has 0 radical (unpaired) electrons. The summed E-state index contributed by atoms with van der Waals surface area (Å²) in [7, 11) is 0. The molecule has 2 aromatic rings. The Bertz CT molecular complexity index is 964. The van der Waals surface area contributed by atoms with Gasteiger partial charge in [-0.2, -0.15) is 0 Å². The fourth-order valence-corrected chi connectivity index (χ4v) is 6.18. The van der Waals surface area contributed by atoms with E-state index in [1.54, 1.807) is 4.90 Å². The van der Waals surface area contributed by atoms with Crippen LogP contribution in [-0.2, 0) is 9.59 Å². The van der Waals surface area contributed by atoms with Crippen molar-refractivity contribution in [3.05, 3.63) is 71.8 Å². The Kier molecular flexibility index (Phi) is 9.19. The minimum atomic E-state index is -1.37. The summed E-state index contributed by atoms with van der Waals surface area (Å²) in [6.07, 6.45) is 3.73. The molecule has 0 heterocycles. The highest BCUT2D eigenvalue weighted by Gasteiger charge is 2.56.